The molecule has 0 saturated carbocycles. The van der Waals surface area contributed by atoms with Gasteiger partial charge in [0.1, 0.15) is 6.04 Å². The number of nitrogens with zero attached hydrogens (tertiary/aromatic N) is 3. The third-order valence-corrected chi connectivity index (χ3v) is 5.93. The minimum atomic E-state index is -0.291. The van der Waals surface area contributed by atoms with Crippen molar-refractivity contribution >= 4 is 11.8 Å². The van der Waals surface area contributed by atoms with Gasteiger partial charge < -0.3 is 9.80 Å². The van der Waals surface area contributed by atoms with Gasteiger partial charge in [0, 0.05) is 39.3 Å². The number of rotatable bonds is 7. The van der Waals surface area contributed by atoms with Crippen molar-refractivity contribution in [3.63, 3.8) is 0 Å². The summed E-state index contributed by atoms with van der Waals surface area (Å²) in [4.78, 5) is 32.1. The van der Waals surface area contributed by atoms with Crippen molar-refractivity contribution in [1.29, 1.82) is 0 Å². The van der Waals surface area contributed by atoms with Crippen molar-refractivity contribution in [3.05, 3.63) is 71.3 Å². The molecule has 1 atom stereocenters. The van der Waals surface area contributed by atoms with Gasteiger partial charge in [-0.15, -0.1) is 0 Å². The number of hydrogen-bond donors (Lipinski definition) is 0. The zero-order valence-electron chi connectivity index (χ0n) is 18.4. The van der Waals surface area contributed by atoms with Crippen LogP contribution in [0, 0.1) is 6.92 Å². The first kappa shape index (κ1) is 22.0. The van der Waals surface area contributed by atoms with Crippen LogP contribution in [0.3, 0.4) is 0 Å². The van der Waals surface area contributed by atoms with E-state index in [4.69, 9.17) is 0 Å². The Morgan fingerprint density at radius 3 is 2.07 bits per heavy atom. The van der Waals surface area contributed by atoms with Crippen molar-refractivity contribution in [2.75, 3.05) is 39.3 Å². The molecule has 0 aromatic heterocycles. The number of hydrogen-bond acceptors (Lipinski definition) is 3. The molecule has 2 aromatic rings. The normalized spacial score (nSPS) is 15.6. The summed E-state index contributed by atoms with van der Waals surface area (Å²) in [6.07, 6.45) is 0.431. The van der Waals surface area contributed by atoms with Crippen molar-refractivity contribution in [2.45, 2.75) is 33.2 Å². The lowest BCUT2D eigenvalue weighted by molar-refractivity contribution is -0.139. The molecule has 1 aliphatic rings. The number of benzene rings is 2. The summed E-state index contributed by atoms with van der Waals surface area (Å²) in [5.74, 6) is 0.301. The SMILES string of the molecule is CCN(CC)C(=O)C(c1ccccc1)N1CCN(C(=O)Cc2ccc(C)cc2)CC1. The average Bonchev–Trinajstić information content (AvgIpc) is 2.77. The van der Waals surface area contributed by atoms with Gasteiger partial charge in [-0.1, -0.05) is 60.2 Å². The van der Waals surface area contributed by atoms with Crippen molar-refractivity contribution in [2.24, 2.45) is 0 Å². The lowest BCUT2D eigenvalue weighted by atomic mass is 10.0. The van der Waals surface area contributed by atoms with Gasteiger partial charge in [0.25, 0.3) is 0 Å². The zero-order valence-corrected chi connectivity index (χ0v) is 18.4. The monoisotopic (exact) mass is 407 g/mol. The summed E-state index contributed by atoms with van der Waals surface area (Å²) in [5.41, 5.74) is 3.27. The second-order valence-electron chi connectivity index (χ2n) is 7.90. The number of aryl methyl sites for hydroxylation is 1. The summed E-state index contributed by atoms with van der Waals surface area (Å²) in [5, 5.41) is 0. The number of carbonyl (C=O) groups is 2. The third kappa shape index (κ3) is 5.28. The average molecular weight is 408 g/mol. The predicted molar refractivity (Wildman–Crippen MR) is 120 cm³/mol. The standard InChI is InChI=1S/C25H33N3O2/c1-4-26(5-2)25(30)24(22-9-7-6-8-10-22)28-17-15-27(16-18-28)23(29)19-21-13-11-20(3)12-14-21/h6-14,24H,4-5,15-19H2,1-3H3. The Hall–Kier alpha value is -2.66. The lowest BCUT2D eigenvalue weighted by Gasteiger charge is -2.40. The topological polar surface area (TPSA) is 43.9 Å². The van der Waals surface area contributed by atoms with Crippen LogP contribution in [0.5, 0.6) is 0 Å². The van der Waals surface area contributed by atoms with Gasteiger partial charge in [0.05, 0.1) is 6.42 Å². The van der Waals surface area contributed by atoms with E-state index in [1.165, 1.54) is 5.56 Å². The first-order valence-corrected chi connectivity index (χ1v) is 10.9. The Balaban J connectivity index is 1.67. The minimum Gasteiger partial charge on any atom is -0.342 e. The lowest BCUT2D eigenvalue weighted by Crippen LogP contribution is -2.53. The molecule has 5 heteroatoms. The van der Waals surface area contributed by atoms with E-state index in [0.717, 1.165) is 11.1 Å². The van der Waals surface area contributed by atoms with Crippen LogP contribution in [-0.2, 0) is 16.0 Å². The molecular weight excluding hydrogens is 374 g/mol. The maximum Gasteiger partial charge on any atom is 0.244 e. The van der Waals surface area contributed by atoms with Gasteiger partial charge in [0.15, 0.2) is 0 Å². The summed E-state index contributed by atoms with van der Waals surface area (Å²) < 4.78 is 0. The Bertz CT molecular complexity index is 823. The Morgan fingerprint density at radius 2 is 1.50 bits per heavy atom. The van der Waals surface area contributed by atoms with Crippen LogP contribution in [0.1, 0.15) is 36.6 Å². The largest absolute Gasteiger partial charge is 0.342 e. The molecule has 2 aromatic carbocycles. The molecular formula is C25H33N3O2. The van der Waals surface area contributed by atoms with Crippen LogP contribution in [-0.4, -0.2) is 65.8 Å². The summed E-state index contributed by atoms with van der Waals surface area (Å²) in [6.45, 7) is 10.2. The molecule has 160 valence electrons. The number of carbonyl (C=O) groups excluding carboxylic acids is 2. The van der Waals surface area contributed by atoms with Crippen LogP contribution in [0.15, 0.2) is 54.6 Å². The van der Waals surface area contributed by atoms with Crippen LogP contribution in [0.2, 0.25) is 0 Å². The van der Waals surface area contributed by atoms with Crippen LogP contribution in [0.25, 0.3) is 0 Å². The molecule has 0 spiro atoms. The number of piperazine rings is 1. The fourth-order valence-electron chi connectivity index (χ4n) is 4.08. The fourth-order valence-corrected chi connectivity index (χ4v) is 4.08. The smallest absolute Gasteiger partial charge is 0.244 e. The van der Waals surface area contributed by atoms with Crippen molar-refractivity contribution in [3.8, 4) is 0 Å². The van der Waals surface area contributed by atoms with E-state index in [-0.39, 0.29) is 17.9 Å². The van der Waals surface area contributed by atoms with E-state index in [0.29, 0.717) is 45.7 Å². The highest BCUT2D eigenvalue weighted by atomic mass is 16.2. The van der Waals surface area contributed by atoms with Gasteiger partial charge in [0.2, 0.25) is 11.8 Å². The molecule has 5 nitrogen and oxygen atoms in total. The van der Waals surface area contributed by atoms with Gasteiger partial charge in [-0.2, -0.15) is 0 Å². The number of amides is 2. The Labute approximate surface area is 180 Å². The van der Waals surface area contributed by atoms with Gasteiger partial charge in [-0.25, -0.2) is 0 Å². The first-order valence-electron chi connectivity index (χ1n) is 10.9. The molecule has 1 aliphatic heterocycles. The summed E-state index contributed by atoms with van der Waals surface area (Å²) in [6, 6.07) is 17.9. The molecule has 1 saturated heterocycles. The highest BCUT2D eigenvalue weighted by Crippen LogP contribution is 2.25. The molecule has 1 fully saturated rings. The van der Waals surface area contributed by atoms with Crippen LogP contribution in [0.4, 0.5) is 0 Å². The van der Waals surface area contributed by atoms with E-state index in [9.17, 15) is 9.59 Å². The van der Waals surface area contributed by atoms with Crippen LogP contribution < -0.4 is 0 Å². The number of likely N-dealkylation sites (N-methyl/N-ethyl adjacent to an activating group) is 1. The maximum atomic E-state index is 13.3. The summed E-state index contributed by atoms with van der Waals surface area (Å²) in [7, 11) is 0. The van der Waals surface area contributed by atoms with E-state index in [1.54, 1.807) is 0 Å². The van der Waals surface area contributed by atoms with E-state index >= 15 is 0 Å². The molecule has 0 aliphatic carbocycles. The minimum absolute atomic E-state index is 0.144. The molecule has 1 unspecified atom stereocenters. The van der Waals surface area contributed by atoms with E-state index in [1.807, 2.05) is 85.2 Å². The van der Waals surface area contributed by atoms with Gasteiger partial charge >= 0.3 is 0 Å². The highest BCUT2D eigenvalue weighted by molar-refractivity contribution is 5.83. The summed E-state index contributed by atoms with van der Waals surface area (Å²) >= 11 is 0. The second kappa shape index (κ2) is 10.4. The molecule has 30 heavy (non-hydrogen) atoms. The Morgan fingerprint density at radius 1 is 0.900 bits per heavy atom. The molecule has 1 heterocycles. The second-order valence-corrected chi connectivity index (χ2v) is 7.90. The Kier molecular flexibility index (Phi) is 7.63. The van der Waals surface area contributed by atoms with Crippen molar-refractivity contribution in [1.82, 2.24) is 14.7 Å². The van der Waals surface area contributed by atoms with E-state index < -0.39 is 0 Å². The molecule has 0 bridgehead atoms. The maximum absolute atomic E-state index is 13.3. The molecule has 2 amide bonds. The molecule has 0 radical (unpaired) electrons. The molecule has 0 N–H and O–H groups in total. The third-order valence-electron chi connectivity index (χ3n) is 5.93. The molecule has 3 rings (SSSR count). The highest BCUT2D eigenvalue weighted by Gasteiger charge is 2.33. The first-order chi connectivity index (χ1) is 14.5. The zero-order chi connectivity index (χ0) is 21.5. The quantitative estimate of drug-likeness (QED) is 0.707. The van der Waals surface area contributed by atoms with Gasteiger partial charge in [-0.05, 0) is 31.9 Å². The predicted octanol–water partition coefficient (Wildman–Crippen LogP) is 3.29. The van der Waals surface area contributed by atoms with Crippen LogP contribution >= 0.6 is 0 Å². The van der Waals surface area contributed by atoms with E-state index in [2.05, 4.69) is 4.90 Å². The van der Waals surface area contributed by atoms with Gasteiger partial charge in [-0.3, -0.25) is 14.5 Å². The fraction of sp³-hybridized carbons (Fsp3) is 0.440. The van der Waals surface area contributed by atoms with Crippen molar-refractivity contribution < 1.29 is 9.59 Å².